The molecule has 0 saturated heterocycles. The van der Waals surface area contributed by atoms with Crippen LogP contribution in [0.3, 0.4) is 0 Å². The van der Waals surface area contributed by atoms with Gasteiger partial charge in [0.15, 0.2) is 0 Å². The van der Waals surface area contributed by atoms with Gasteiger partial charge < -0.3 is 9.84 Å². The van der Waals surface area contributed by atoms with Crippen LogP contribution in [0, 0.1) is 11.3 Å². The van der Waals surface area contributed by atoms with Gasteiger partial charge in [-0.1, -0.05) is 30.7 Å². The van der Waals surface area contributed by atoms with Crippen molar-refractivity contribution in [1.82, 2.24) is 0 Å². The predicted octanol–water partition coefficient (Wildman–Crippen LogP) is 3.38. The molecule has 3 rings (SSSR count). The quantitative estimate of drug-likeness (QED) is 0.633. The van der Waals surface area contributed by atoms with Crippen LogP contribution < -0.4 is 0 Å². The number of rotatable bonds is 4. The highest BCUT2D eigenvalue weighted by molar-refractivity contribution is 5.66. The minimum absolute atomic E-state index is 0.260. The lowest BCUT2D eigenvalue weighted by molar-refractivity contribution is -0.257. The highest BCUT2D eigenvalue weighted by Crippen LogP contribution is 2.66. The third kappa shape index (κ3) is 2.22. The van der Waals surface area contributed by atoms with E-state index in [9.17, 15) is 9.90 Å². The summed E-state index contributed by atoms with van der Waals surface area (Å²) in [7, 11) is 0. The van der Waals surface area contributed by atoms with Crippen LogP contribution in [-0.4, -0.2) is 22.8 Å². The number of ether oxygens (including phenoxy) is 1. The first kappa shape index (κ1) is 15.3. The molecule has 2 bridgehead atoms. The van der Waals surface area contributed by atoms with Crippen LogP contribution in [0.25, 0.3) is 0 Å². The first-order valence-corrected chi connectivity index (χ1v) is 7.41. The molecular formula is C17H26O3. The van der Waals surface area contributed by atoms with Crippen LogP contribution >= 0.6 is 0 Å². The summed E-state index contributed by atoms with van der Waals surface area (Å²) in [6.07, 6.45) is 4.83. The fraction of sp³-hybridized carbons (Fsp3) is 0.706. The lowest BCUT2D eigenvalue weighted by atomic mass is 9.41. The van der Waals surface area contributed by atoms with Crippen molar-refractivity contribution in [2.75, 3.05) is 0 Å². The molecule has 3 saturated carbocycles. The molecule has 4 atom stereocenters. The van der Waals surface area contributed by atoms with Crippen molar-refractivity contribution in [2.45, 2.75) is 65.1 Å². The summed E-state index contributed by atoms with van der Waals surface area (Å²) in [5.74, 6) is -0.0197. The molecular weight excluding hydrogens is 252 g/mol. The lowest BCUT2D eigenvalue weighted by Crippen LogP contribution is -2.70. The highest BCUT2D eigenvalue weighted by Gasteiger charge is 2.68. The van der Waals surface area contributed by atoms with E-state index in [0.717, 1.165) is 19.3 Å². The summed E-state index contributed by atoms with van der Waals surface area (Å²) in [4.78, 5) is 11.4. The van der Waals surface area contributed by atoms with Crippen molar-refractivity contribution < 1.29 is 14.6 Å². The predicted molar refractivity (Wildman–Crippen MR) is 79.1 cm³/mol. The number of hydrogen-bond donors (Lipinski definition) is 1. The Morgan fingerprint density at radius 1 is 1.55 bits per heavy atom. The molecule has 0 aliphatic heterocycles. The molecule has 3 nitrogen and oxygen atoms in total. The molecule has 3 fully saturated rings. The monoisotopic (exact) mass is 278 g/mol. The Morgan fingerprint density at radius 2 is 2.20 bits per heavy atom. The van der Waals surface area contributed by atoms with E-state index in [1.807, 2.05) is 13.8 Å². The van der Waals surface area contributed by atoms with Crippen molar-refractivity contribution in [3.63, 3.8) is 0 Å². The maximum Gasteiger partial charge on any atom is 0.302 e. The van der Waals surface area contributed by atoms with Gasteiger partial charge in [0.1, 0.15) is 6.10 Å². The molecule has 1 N–H and O–H groups in total. The summed E-state index contributed by atoms with van der Waals surface area (Å²) in [5.41, 5.74) is 1.27. The van der Waals surface area contributed by atoms with Crippen LogP contribution in [0.4, 0.5) is 0 Å². The van der Waals surface area contributed by atoms with Gasteiger partial charge in [-0.2, -0.15) is 0 Å². The Labute approximate surface area is 121 Å². The van der Waals surface area contributed by atoms with Gasteiger partial charge in [0.05, 0.1) is 5.60 Å². The molecule has 0 unspecified atom stereocenters. The molecule has 112 valence electrons. The van der Waals surface area contributed by atoms with Crippen molar-refractivity contribution in [2.24, 2.45) is 11.3 Å². The van der Waals surface area contributed by atoms with Gasteiger partial charge in [0, 0.05) is 18.8 Å². The van der Waals surface area contributed by atoms with Crippen LogP contribution in [0.15, 0.2) is 23.8 Å². The van der Waals surface area contributed by atoms with E-state index in [0.29, 0.717) is 6.42 Å². The number of hydrogen-bond acceptors (Lipinski definition) is 3. The lowest BCUT2D eigenvalue weighted by Gasteiger charge is -2.66. The minimum atomic E-state index is -0.714. The Balaban J connectivity index is 2.29. The second-order valence-corrected chi connectivity index (χ2v) is 6.84. The van der Waals surface area contributed by atoms with Gasteiger partial charge in [-0.15, -0.1) is 0 Å². The fourth-order valence-electron chi connectivity index (χ4n) is 3.93. The third-order valence-electron chi connectivity index (χ3n) is 5.34. The zero-order chi connectivity index (χ0) is 15.1. The van der Waals surface area contributed by atoms with Crippen molar-refractivity contribution in [3.05, 3.63) is 23.8 Å². The number of carbonyl (C=O) groups is 1. The minimum Gasteiger partial charge on any atom is -0.462 e. The molecule has 0 aromatic carbocycles. The smallest absolute Gasteiger partial charge is 0.302 e. The number of esters is 1. The summed E-state index contributed by atoms with van der Waals surface area (Å²) in [5, 5.41) is 10.9. The van der Waals surface area contributed by atoms with E-state index in [1.54, 1.807) is 0 Å². The van der Waals surface area contributed by atoms with Crippen LogP contribution in [-0.2, 0) is 9.53 Å². The van der Waals surface area contributed by atoms with Crippen LogP contribution in [0.1, 0.15) is 53.4 Å². The number of aliphatic hydroxyl groups is 1. The average molecular weight is 278 g/mol. The van der Waals surface area contributed by atoms with Gasteiger partial charge in [-0.05, 0) is 39.0 Å². The molecule has 3 heteroatoms. The van der Waals surface area contributed by atoms with Crippen LogP contribution in [0.5, 0.6) is 0 Å². The molecule has 0 radical (unpaired) electrons. The normalized spacial score (nSPS) is 36.9. The zero-order valence-corrected chi connectivity index (χ0v) is 13.0. The van der Waals surface area contributed by atoms with Crippen molar-refractivity contribution in [3.8, 4) is 0 Å². The maximum atomic E-state index is 11.4. The number of fused-ring (bicyclic) bond motifs is 2. The summed E-state index contributed by atoms with van der Waals surface area (Å²) >= 11 is 0. The molecule has 0 heterocycles. The topological polar surface area (TPSA) is 46.5 Å². The first-order chi connectivity index (χ1) is 9.20. The Kier molecular flexibility index (Phi) is 3.85. The molecule has 3 aliphatic rings. The first-order valence-electron chi connectivity index (χ1n) is 7.41. The Hall–Kier alpha value is -1.09. The third-order valence-corrected chi connectivity index (χ3v) is 5.34. The van der Waals surface area contributed by atoms with Gasteiger partial charge in [0.25, 0.3) is 0 Å². The maximum absolute atomic E-state index is 11.4. The van der Waals surface area contributed by atoms with E-state index in [-0.39, 0.29) is 18.0 Å². The van der Waals surface area contributed by atoms with E-state index < -0.39 is 11.0 Å². The van der Waals surface area contributed by atoms with Gasteiger partial charge in [-0.3, -0.25) is 4.79 Å². The van der Waals surface area contributed by atoms with E-state index >= 15 is 0 Å². The molecule has 20 heavy (non-hydrogen) atoms. The van der Waals surface area contributed by atoms with Crippen LogP contribution in [0.2, 0.25) is 0 Å². The molecule has 3 aliphatic carbocycles. The van der Waals surface area contributed by atoms with E-state index in [4.69, 9.17) is 4.74 Å². The van der Waals surface area contributed by atoms with Gasteiger partial charge in [-0.25, -0.2) is 0 Å². The zero-order valence-electron chi connectivity index (χ0n) is 13.0. The average Bonchev–Trinajstić information content (AvgIpc) is 2.35. The molecule has 0 aromatic rings. The Morgan fingerprint density at radius 3 is 2.70 bits per heavy atom. The van der Waals surface area contributed by atoms with Crippen molar-refractivity contribution in [1.29, 1.82) is 0 Å². The number of carbonyl (C=O) groups excluding carboxylic acids is 1. The van der Waals surface area contributed by atoms with E-state index in [2.05, 4.69) is 19.6 Å². The molecule has 0 aromatic heterocycles. The van der Waals surface area contributed by atoms with Gasteiger partial charge in [0.2, 0.25) is 0 Å². The fourth-order valence-corrected chi connectivity index (χ4v) is 3.93. The van der Waals surface area contributed by atoms with Gasteiger partial charge >= 0.3 is 5.97 Å². The highest BCUT2D eigenvalue weighted by atomic mass is 16.5. The van der Waals surface area contributed by atoms with Crippen molar-refractivity contribution >= 4 is 5.97 Å². The SMILES string of the molecule is C=C1CC[C@@]2(O)C[C@@H]1[C@]2(C)[C@@H](CC=C(C)C)OC(C)=O. The van der Waals surface area contributed by atoms with E-state index in [1.165, 1.54) is 18.1 Å². The Bertz CT molecular complexity index is 457. The standard InChI is InChI=1S/C17H26O3/c1-11(2)6-7-15(20-13(4)18)16(5)14-10-17(16,19)9-8-12(14)3/h6,14-15,19H,3,7-10H2,1-2,4-5H3/t14-,15+,16+,17+/m0/s1. The number of allylic oxidation sites excluding steroid dienone is 2. The summed E-state index contributed by atoms with van der Waals surface area (Å²) in [6, 6.07) is 0. The molecule has 0 amide bonds. The summed E-state index contributed by atoms with van der Waals surface area (Å²) in [6.45, 7) is 11.7. The second kappa shape index (κ2) is 5.03. The largest absolute Gasteiger partial charge is 0.462 e. The second-order valence-electron chi connectivity index (χ2n) is 6.84. The molecule has 0 spiro atoms. The summed E-state index contributed by atoms with van der Waals surface area (Å²) < 4.78 is 5.57.